The zero-order chi connectivity index (χ0) is 21.6. The van der Waals surface area contributed by atoms with E-state index in [-0.39, 0.29) is 17.9 Å². The van der Waals surface area contributed by atoms with Crippen molar-refractivity contribution in [1.29, 1.82) is 0 Å². The molecule has 5 nitrogen and oxygen atoms in total. The van der Waals surface area contributed by atoms with Crippen LogP contribution in [0.1, 0.15) is 36.1 Å². The molecule has 2 amide bonds. The highest BCUT2D eigenvalue weighted by Gasteiger charge is 2.30. The number of hydrogen-bond acceptors (Lipinski definition) is 3. The molecular weight excluding hydrogens is 386 g/mol. The van der Waals surface area contributed by atoms with Crippen molar-refractivity contribution in [2.75, 3.05) is 32.7 Å². The third-order valence-corrected chi connectivity index (χ3v) is 6.04. The Labute approximate surface area is 184 Å². The summed E-state index contributed by atoms with van der Waals surface area (Å²) < 4.78 is 0. The van der Waals surface area contributed by atoms with Crippen molar-refractivity contribution in [2.24, 2.45) is 0 Å². The molecule has 1 atom stereocenters. The van der Waals surface area contributed by atoms with Crippen LogP contribution in [0.25, 0.3) is 12.2 Å². The smallest absolute Gasteiger partial charge is 0.225 e. The van der Waals surface area contributed by atoms with Gasteiger partial charge in [-0.25, -0.2) is 0 Å². The predicted molar refractivity (Wildman–Crippen MR) is 124 cm³/mol. The van der Waals surface area contributed by atoms with Gasteiger partial charge in [0.1, 0.15) is 0 Å². The van der Waals surface area contributed by atoms with E-state index < -0.39 is 0 Å². The quantitative estimate of drug-likeness (QED) is 0.746. The van der Waals surface area contributed by atoms with Crippen LogP contribution in [-0.4, -0.2) is 59.2 Å². The van der Waals surface area contributed by atoms with Crippen LogP contribution in [0.2, 0.25) is 0 Å². The Morgan fingerprint density at radius 2 is 1.68 bits per heavy atom. The first-order chi connectivity index (χ1) is 15.1. The molecule has 1 fully saturated rings. The Bertz CT molecular complexity index is 975. The van der Waals surface area contributed by atoms with E-state index in [1.54, 1.807) is 18.0 Å². The van der Waals surface area contributed by atoms with Crippen molar-refractivity contribution in [3.05, 3.63) is 83.6 Å². The zero-order valence-corrected chi connectivity index (χ0v) is 18.0. The van der Waals surface area contributed by atoms with E-state index >= 15 is 0 Å². The maximum atomic E-state index is 13.1. The average molecular weight is 416 g/mol. The lowest BCUT2D eigenvalue weighted by Crippen LogP contribution is -2.49. The van der Waals surface area contributed by atoms with Gasteiger partial charge in [0.05, 0.1) is 12.5 Å². The summed E-state index contributed by atoms with van der Waals surface area (Å²) in [7, 11) is 0. The summed E-state index contributed by atoms with van der Waals surface area (Å²) in [6.45, 7) is 5.61. The summed E-state index contributed by atoms with van der Waals surface area (Å²) in [5.41, 5.74) is 3.32. The van der Waals surface area contributed by atoms with Gasteiger partial charge in [-0.3, -0.25) is 14.5 Å². The SMILES string of the molecule is CC(=O)N1C=Cc2ccccc2C1CC(=O)N1CCN(C/C=C/c2ccccc2)CC1. The van der Waals surface area contributed by atoms with Crippen LogP contribution in [0.3, 0.4) is 0 Å². The maximum absolute atomic E-state index is 13.1. The molecule has 0 N–H and O–H groups in total. The largest absolute Gasteiger partial charge is 0.340 e. The highest BCUT2D eigenvalue weighted by molar-refractivity contribution is 5.82. The van der Waals surface area contributed by atoms with E-state index in [1.165, 1.54) is 5.56 Å². The predicted octanol–water partition coefficient (Wildman–Crippen LogP) is 3.81. The van der Waals surface area contributed by atoms with Crippen molar-refractivity contribution in [3.8, 4) is 0 Å². The monoisotopic (exact) mass is 415 g/mol. The van der Waals surface area contributed by atoms with E-state index in [4.69, 9.17) is 0 Å². The van der Waals surface area contributed by atoms with Crippen LogP contribution in [-0.2, 0) is 9.59 Å². The molecule has 0 spiro atoms. The van der Waals surface area contributed by atoms with E-state index in [2.05, 4.69) is 29.2 Å². The fraction of sp³-hybridized carbons (Fsp3) is 0.308. The highest BCUT2D eigenvalue weighted by Crippen LogP contribution is 2.33. The third kappa shape index (κ3) is 5.12. The van der Waals surface area contributed by atoms with Gasteiger partial charge in [0.25, 0.3) is 0 Å². The molecule has 1 saturated heterocycles. The lowest BCUT2D eigenvalue weighted by Gasteiger charge is -2.37. The fourth-order valence-corrected chi connectivity index (χ4v) is 4.29. The first-order valence-corrected chi connectivity index (χ1v) is 10.9. The summed E-state index contributed by atoms with van der Waals surface area (Å²) in [6.07, 6.45) is 8.39. The van der Waals surface area contributed by atoms with Gasteiger partial charge >= 0.3 is 0 Å². The molecule has 1 unspecified atom stereocenters. The molecule has 0 radical (unpaired) electrons. The maximum Gasteiger partial charge on any atom is 0.225 e. The van der Waals surface area contributed by atoms with Crippen molar-refractivity contribution in [1.82, 2.24) is 14.7 Å². The standard InChI is InChI=1S/C26H29N3O2/c1-21(30)29-15-13-23-11-5-6-12-24(23)25(29)20-26(31)28-18-16-27(17-19-28)14-7-10-22-8-3-2-4-9-22/h2-13,15,25H,14,16-20H2,1H3/b10-7+. The molecule has 4 rings (SSSR count). The molecule has 2 aromatic rings. The van der Waals surface area contributed by atoms with Crippen molar-refractivity contribution in [2.45, 2.75) is 19.4 Å². The van der Waals surface area contributed by atoms with E-state index in [9.17, 15) is 9.59 Å². The summed E-state index contributed by atoms with van der Waals surface area (Å²) in [5, 5.41) is 0. The van der Waals surface area contributed by atoms with Gasteiger partial charge in [-0.2, -0.15) is 0 Å². The molecule has 0 saturated carbocycles. The summed E-state index contributed by atoms with van der Waals surface area (Å²) >= 11 is 0. The van der Waals surface area contributed by atoms with E-state index in [1.807, 2.05) is 53.4 Å². The van der Waals surface area contributed by atoms with Crippen LogP contribution in [0.5, 0.6) is 0 Å². The minimum Gasteiger partial charge on any atom is -0.340 e. The van der Waals surface area contributed by atoms with Gasteiger partial charge in [0.2, 0.25) is 11.8 Å². The molecule has 2 aliphatic rings. The van der Waals surface area contributed by atoms with E-state index in [0.717, 1.165) is 43.9 Å². The van der Waals surface area contributed by atoms with Crippen LogP contribution >= 0.6 is 0 Å². The summed E-state index contributed by atoms with van der Waals surface area (Å²) in [5.74, 6) is 0.0689. The topological polar surface area (TPSA) is 43.9 Å². The van der Waals surface area contributed by atoms with Gasteiger partial charge in [-0.1, -0.05) is 66.7 Å². The van der Waals surface area contributed by atoms with Gasteiger partial charge in [0, 0.05) is 45.8 Å². The fourth-order valence-electron chi connectivity index (χ4n) is 4.29. The summed E-state index contributed by atoms with van der Waals surface area (Å²) in [4.78, 5) is 31.2. The number of hydrogen-bond donors (Lipinski definition) is 0. The molecule has 5 heteroatoms. The lowest BCUT2D eigenvalue weighted by molar-refractivity contribution is -0.135. The second kappa shape index (κ2) is 9.75. The van der Waals surface area contributed by atoms with Gasteiger partial charge in [-0.15, -0.1) is 0 Å². The first kappa shape index (κ1) is 21.1. The van der Waals surface area contributed by atoms with Crippen LogP contribution in [0.4, 0.5) is 0 Å². The highest BCUT2D eigenvalue weighted by atomic mass is 16.2. The molecule has 31 heavy (non-hydrogen) atoms. The number of rotatable bonds is 5. The van der Waals surface area contributed by atoms with Crippen LogP contribution in [0, 0.1) is 0 Å². The molecular formula is C26H29N3O2. The van der Waals surface area contributed by atoms with Gasteiger partial charge in [-0.05, 0) is 22.8 Å². The van der Waals surface area contributed by atoms with Crippen molar-refractivity contribution >= 4 is 24.0 Å². The minimum atomic E-state index is -0.238. The van der Waals surface area contributed by atoms with Crippen molar-refractivity contribution in [3.63, 3.8) is 0 Å². The number of nitrogens with zero attached hydrogens (tertiary/aromatic N) is 3. The Morgan fingerprint density at radius 1 is 0.968 bits per heavy atom. The first-order valence-electron chi connectivity index (χ1n) is 10.9. The molecule has 0 bridgehead atoms. The molecule has 2 aromatic carbocycles. The number of benzene rings is 2. The Kier molecular flexibility index (Phi) is 6.63. The second-order valence-corrected chi connectivity index (χ2v) is 8.09. The Balaban J connectivity index is 1.33. The van der Waals surface area contributed by atoms with Crippen LogP contribution < -0.4 is 0 Å². The van der Waals surface area contributed by atoms with Crippen molar-refractivity contribution < 1.29 is 9.59 Å². The number of carbonyl (C=O) groups is 2. The molecule has 160 valence electrons. The second-order valence-electron chi connectivity index (χ2n) is 8.09. The van der Waals surface area contributed by atoms with Crippen LogP contribution in [0.15, 0.2) is 66.9 Å². The molecule has 0 aromatic heterocycles. The average Bonchev–Trinajstić information content (AvgIpc) is 2.80. The van der Waals surface area contributed by atoms with E-state index in [0.29, 0.717) is 6.42 Å². The lowest BCUT2D eigenvalue weighted by atomic mass is 9.93. The number of fused-ring (bicyclic) bond motifs is 1. The molecule has 0 aliphatic carbocycles. The normalized spacial score (nSPS) is 18.9. The van der Waals surface area contributed by atoms with Gasteiger partial charge in [0.15, 0.2) is 0 Å². The summed E-state index contributed by atoms with van der Waals surface area (Å²) in [6, 6.07) is 18.0. The Morgan fingerprint density at radius 3 is 2.42 bits per heavy atom. The molecule has 2 aliphatic heterocycles. The minimum absolute atomic E-state index is 0.0430. The Hall–Kier alpha value is -3.18. The van der Waals surface area contributed by atoms with Gasteiger partial charge < -0.3 is 9.80 Å². The molecule has 2 heterocycles. The zero-order valence-electron chi connectivity index (χ0n) is 18.0. The number of piperazine rings is 1. The third-order valence-electron chi connectivity index (χ3n) is 6.04. The number of amides is 2. The number of carbonyl (C=O) groups excluding carboxylic acids is 2.